The van der Waals surface area contributed by atoms with Gasteiger partial charge in [0.05, 0.1) is 5.92 Å². The van der Waals surface area contributed by atoms with Crippen LogP contribution in [0.3, 0.4) is 0 Å². The molecule has 2 amide bonds. The van der Waals surface area contributed by atoms with Gasteiger partial charge in [0.1, 0.15) is 0 Å². The first-order chi connectivity index (χ1) is 13.9. The van der Waals surface area contributed by atoms with Gasteiger partial charge in [-0.15, -0.1) is 0 Å². The summed E-state index contributed by atoms with van der Waals surface area (Å²) in [6.45, 7) is 6.29. The molecule has 1 aliphatic rings. The Kier molecular flexibility index (Phi) is 6.54. The second kappa shape index (κ2) is 9.09. The molecule has 2 aromatic rings. The molecule has 0 fully saturated rings. The molecule has 3 rings (SSSR count). The number of carbonyl (C=O) groups is 2. The van der Waals surface area contributed by atoms with E-state index >= 15 is 0 Å². The standard InChI is InChI=1S/C23H30N4O2/c1-5-27-15-19(18-8-6-7-9-21(18)27)23(29)24-17-11-10-16(2)20(14-17)25-22(28)12-13-26(3)4/h6-11,14,19H,5,12-13,15H2,1-4H3,(H,24,29)(H,25,28). The maximum atomic E-state index is 13.0. The van der Waals surface area contributed by atoms with Crippen molar-refractivity contribution in [2.24, 2.45) is 0 Å². The molecule has 0 aromatic heterocycles. The van der Waals surface area contributed by atoms with E-state index in [0.717, 1.165) is 29.0 Å². The SMILES string of the molecule is CCN1CC(C(=O)Nc2ccc(C)c(NC(=O)CCN(C)C)c2)c2ccccc21. The number of benzene rings is 2. The number of aryl methyl sites for hydroxylation is 1. The van der Waals surface area contributed by atoms with E-state index in [-0.39, 0.29) is 17.7 Å². The van der Waals surface area contributed by atoms with Crippen molar-refractivity contribution in [1.82, 2.24) is 4.90 Å². The molecule has 1 atom stereocenters. The Morgan fingerprint density at radius 2 is 1.90 bits per heavy atom. The fourth-order valence-electron chi connectivity index (χ4n) is 3.61. The molecule has 2 aromatic carbocycles. The van der Waals surface area contributed by atoms with E-state index in [1.807, 2.05) is 62.3 Å². The van der Waals surface area contributed by atoms with Crippen LogP contribution in [0, 0.1) is 6.92 Å². The molecule has 1 aliphatic heterocycles. The van der Waals surface area contributed by atoms with Crippen LogP contribution in [-0.2, 0) is 9.59 Å². The number of hydrogen-bond donors (Lipinski definition) is 2. The second-order valence-electron chi connectivity index (χ2n) is 7.77. The topological polar surface area (TPSA) is 64.7 Å². The van der Waals surface area contributed by atoms with Crippen LogP contribution >= 0.6 is 0 Å². The highest BCUT2D eigenvalue weighted by Crippen LogP contribution is 2.36. The number of fused-ring (bicyclic) bond motifs is 1. The van der Waals surface area contributed by atoms with Gasteiger partial charge in [0.15, 0.2) is 0 Å². The molecule has 0 bridgehead atoms. The number of carbonyl (C=O) groups excluding carboxylic acids is 2. The summed E-state index contributed by atoms with van der Waals surface area (Å²) in [4.78, 5) is 29.4. The Bertz CT molecular complexity index is 894. The third-order valence-electron chi connectivity index (χ3n) is 5.32. The van der Waals surface area contributed by atoms with Crippen molar-refractivity contribution >= 4 is 28.9 Å². The van der Waals surface area contributed by atoms with Gasteiger partial charge >= 0.3 is 0 Å². The summed E-state index contributed by atoms with van der Waals surface area (Å²) in [5.74, 6) is -0.263. The number of likely N-dealkylation sites (N-methyl/N-ethyl adjacent to an activating group) is 1. The fourth-order valence-corrected chi connectivity index (χ4v) is 3.61. The number of nitrogens with zero attached hydrogens (tertiary/aromatic N) is 2. The quantitative estimate of drug-likeness (QED) is 0.755. The van der Waals surface area contributed by atoms with Crippen LogP contribution in [-0.4, -0.2) is 50.4 Å². The van der Waals surface area contributed by atoms with E-state index in [1.54, 1.807) is 0 Å². The van der Waals surface area contributed by atoms with Crippen LogP contribution in [0.4, 0.5) is 17.1 Å². The predicted octanol–water partition coefficient (Wildman–Crippen LogP) is 3.45. The maximum Gasteiger partial charge on any atom is 0.233 e. The van der Waals surface area contributed by atoms with E-state index < -0.39 is 0 Å². The lowest BCUT2D eigenvalue weighted by Gasteiger charge is -2.17. The number of rotatable bonds is 7. The third-order valence-corrected chi connectivity index (χ3v) is 5.32. The van der Waals surface area contributed by atoms with Gasteiger partial charge < -0.3 is 20.4 Å². The highest BCUT2D eigenvalue weighted by atomic mass is 16.2. The van der Waals surface area contributed by atoms with Crippen molar-refractivity contribution < 1.29 is 9.59 Å². The molecular formula is C23H30N4O2. The summed E-state index contributed by atoms with van der Waals surface area (Å²) < 4.78 is 0. The van der Waals surface area contributed by atoms with Crippen LogP contribution in [0.1, 0.15) is 30.4 Å². The van der Waals surface area contributed by atoms with Gasteiger partial charge in [0.25, 0.3) is 0 Å². The van der Waals surface area contributed by atoms with E-state index in [2.05, 4.69) is 28.5 Å². The molecule has 154 valence electrons. The minimum absolute atomic E-state index is 0.0258. The summed E-state index contributed by atoms with van der Waals surface area (Å²) in [5.41, 5.74) is 4.58. The zero-order valence-electron chi connectivity index (χ0n) is 17.7. The highest BCUT2D eigenvalue weighted by Gasteiger charge is 2.32. The van der Waals surface area contributed by atoms with Gasteiger partial charge in [0.2, 0.25) is 11.8 Å². The number of anilines is 3. The summed E-state index contributed by atoms with van der Waals surface area (Å²) >= 11 is 0. The molecule has 1 heterocycles. The van der Waals surface area contributed by atoms with Crippen molar-refractivity contribution in [3.05, 3.63) is 53.6 Å². The van der Waals surface area contributed by atoms with Crippen LogP contribution < -0.4 is 15.5 Å². The molecule has 6 heteroatoms. The van der Waals surface area contributed by atoms with Crippen LogP contribution in [0.25, 0.3) is 0 Å². The van der Waals surface area contributed by atoms with Gasteiger partial charge in [-0.05, 0) is 57.3 Å². The zero-order chi connectivity index (χ0) is 21.0. The first-order valence-electron chi connectivity index (χ1n) is 10.1. The normalized spacial score (nSPS) is 15.3. The second-order valence-corrected chi connectivity index (χ2v) is 7.77. The smallest absolute Gasteiger partial charge is 0.233 e. The van der Waals surface area contributed by atoms with Crippen LogP contribution in [0.15, 0.2) is 42.5 Å². The number of para-hydroxylation sites is 1. The van der Waals surface area contributed by atoms with Crippen LogP contribution in [0.5, 0.6) is 0 Å². The van der Waals surface area contributed by atoms with E-state index in [0.29, 0.717) is 25.2 Å². The number of hydrogen-bond acceptors (Lipinski definition) is 4. The predicted molar refractivity (Wildman–Crippen MR) is 119 cm³/mol. The lowest BCUT2D eigenvalue weighted by Crippen LogP contribution is -2.27. The van der Waals surface area contributed by atoms with Crippen molar-refractivity contribution in [2.75, 3.05) is 49.3 Å². The summed E-state index contributed by atoms with van der Waals surface area (Å²) in [5, 5.41) is 5.99. The summed E-state index contributed by atoms with van der Waals surface area (Å²) in [7, 11) is 3.88. The van der Waals surface area contributed by atoms with Gasteiger partial charge in [0, 0.05) is 43.1 Å². The minimum atomic E-state index is -0.203. The van der Waals surface area contributed by atoms with E-state index in [1.165, 1.54) is 0 Å². The van der Waals surface area contributed by atoms with Gasteiger partial charge in [-0.25, -0.2) is 0 Å². The Balaban J connectivity index is 1.71. The summed E-state index contributed by atoms with van der Waals surface area (Å²) in [6.07, 6.45) is 0.425. The Labute approximate surface area is 172 Å². The monoisotopic (exact) mass is 394 g/mol. The van der Waals surface area contributed by atoms with Crippen molar-refractivity contribution in [1.29, 1.82) is 0 Å². The van der Waals surface area contributed by atoms with Gasteiger partial charge in [-0.2, -0.15) is 0 Å². The average Bonchev–Trinajstić information content (AvgIpc) is 3.08. The largest absolute Gasteiger partial charge is 0.370 e. The van der Waals surface area contributed by atoms with E-state index in [4.69, 9.17) is 0 Å². The lowest BCUT2D eigenvalue weighted by atomic mass is 10.0. The zero-order valence-corrected chi connectivity index (χ0v) is 17.7. The Hall–Kier alpha value is -2.86. The number of nitrogens with one attached hydrogen (secondary N) is 2. The molecule has 0 saturated carbocycles. The van der Waals surface area contributed by atoms with Crippen molar-refractivity contribution in [2.45, 2.75) is 26.2 Å². The third kappa shape index (κ3) is 4.95. The van der Waals surface area contributed by atoms with Gasteiger partial charge in [-0.3, -0.25) is 9.59 Å². The highest BCUT2D eigenvalue weighted by molar-refractivity contribution is 5.99. The lowest BCUT2D eigenvalue weighted by molar-refractivity contribution is -0.117. The maximum absolute atomic E-state index is 13.0. The molecule has 1 unspecified atom stereocenters. The molecule has 0 radical (unpaired) electrons. The first kappa shape index (κ1) is 20.9. The van der Waals surface area contributed by atoms with Crippen molar-refractivity contribution in [3.8, 4) is 0 Å². The summed E-state index contributed by atoms with van der Waals surface area (Å²) in [6, 6.07) is 13.7. The fraction of sp³-hybridized carbons (Fsp3) is 0.391. The van der Waals surface area contributed by atoms with E-state index in [9.17, 15) is 9.59 Å². The molecule has 6 nitrogen and oxygen atoms in total. The van der Waals surface area contributed by atoms with Crippen molar-refractivity contribution in [3.63, 3.8) is 0 Å². The Morgan fingerprint density at radius 1 is 1.14 bits per heavy atom. The van der Waals surface area contributed by atoms with Crippen LogP contribution in [0.2, 0.25) is 0 Å². The molecule has 0 aliphatic carbocycles. The Morgan fingerprint density at radius 3 is 2.62 bits per heavy atom. The molecule has 29 heavy (non-hydrogen) atoms. The molecular weight excluding hydrogens is 364 g/mol. The van der Waals surface area contributed by atoms with Gasteiger partial charge in [-0.1, -0.05) is 24.3 Å². The average molecular weight is 395 g/mol. The molecule has 0 spiro atoms. The number of amides is 2. The first-order valence-corrected chi connectivity index (χ1v) is 10.1. The molecule has 2 N–H and O–H groups in total. The molecule has 0 saturated heterocycles. The minimum Gasteiger partial charge on any atom is -0.370 e.